The van der Waals surface area contributed by atoms with Gasteiger partial charge in [0.05, 0.1) is 12.1 Å². The molecule has 0 saturated carbocycles. The van der Waals surface area contributed by atoms with Crippen LogP contribution in [-0.4, -0.2) is 17.9 Å². The van der Waals surface area contributed by atoms with Gasteiger partial charge >= 0.3 is 0 Å². The summed E-state index contributed by atoms with van der Waals surface area (Å²) in [5.41, 5.74) is 6.45. The smallest absolute Gasteiger partial charge is 0.232 e. The van der Waals surface area contributed by atoms with Crippen LogP contribution in [0.25, 0.3) is 10.6 Å². The zero-order valence-electron chi connectivity index (χ0n) is 15.7. The monoisotopic (exact) mass is 364 g/mol. The zero-order valence-corrected chi connectivity index (χ0v) is 16.6. The summed E-state index contributed by atoms with van der Waals surface area (Å²) < 4.78 is 0. The van der Waals surface area contributed by atoms with Gasteiger partial charge in [-0.2, -0.15) is 0 Å². The maximum Gasteiger partial charge on any atom is 0.232 e. The fraction of sp³-hybridized carbons (Fsp3) is 0.273. The molecule has 4 heteroatoms. The Bertz CT molecular complexity index is 912. The number of thiazole rings is 1. The Morgan fingerprint density at radius 2 is 1.85 bits per heavy atom. The minimum Gasteiger partial charge on any atom is -0.315 e. The van der Waals surface area contributed by atoms with Crippen LogP contribution in [0.1, 0.15) is 29.3 Å². The number of rotatable bonds is 5. The van der Waals surface area contributed by atoms with Crippen LogP contribution in [-0.2, 0) is 17.6 Å². The van der Waals surface area contributed by atoms with Crippen molar-refractivity contribution in [1.82, 2.24) is 4.98 Å². The molecule has 0 aliphatic rings. The summed E-state index contributed by atoms with van der Waals surface area (Å²) in [6.45, 7) is 6.21. The first-order chi connectivity index (χ1) is 12.5. The van der Waals surface area contributed by atoms with E-state index in [9.17, 15) is 4.79 Å². The number of carbonyl (C=O) groups excluding carboxylic acids is 1. The van der Waals surface area contributed by atoms with Crippen LogP contribution in [0.3, 0.4) is 0 Å². The van der Waals surface area contributed by atoms with Crippen LogP contribution in [0.2, 0.25) is 0 Å². The van der Waals surface area contributed by atoms with Gasteiger partial charge in [0, 0.05) is 23.7 Å². The Morgan fingerprint density at radius 3 is 2.54 bits per heavy atom. The molecule has 0 aliphatic carbocycles. The fourth-order valence-corrected chi connectivity index (χ4v) is 3.72. The SMILES string of the molecule is CCc1ccc(-c2nc(CC(=O)N(C)c3cc(C)ccc3C)cs2)cc1. The molecule has 134 valence electrons. The molecular formula is C22H24N2OS. The van der Waals surface area contributed by atoms with Crippen molar-refractivity contribution in [3.63, 3.8) is 0 Å². The second-order valence-electron chi connectivity index (χ2n) is 6.61. The van der Waals surface area contributed by atoms with Gasteiger partial charge < -0.3 is 4.90 Å². The minimum atomic E-state index is 0.0527. The molecule has 26 heavy (non-hydrogen) atoms. The number of aryl methyl sites for hydroxylation is 3. The van der Waals surface area contributed by atoms with Crippen molar-refractivity contribution < 1.29 is 4.79 Å². The van der Waals surface area contributed by atoms with Crippen LogP contribution < -0.4 is 4.90 Å². The number of nitrogens with zero attached hydrogens (tertiary/aromatic N) is 2. The van der Waals surface area contributed by atoms with E-state index in [1.165, 1.54) is 5.56 Å². The predicted octanol–water partition coefficient (Wildman–Crippen LogP) is 5.19. The number of likely N-dealkylation sites (N-methyl/N-ethyl adjacent to an activating group) is 1. The van der Waals surface area contributed by atoms with Gasteiger partial charge in [-0.05, 0) is 43.0 Å². The Balaban J connectivity index is 1.73. The summed E-state index contributed by atoms with van der Waals surface area (Å²) in [5, 5.41) is 2.95. The fourth-order valence-electron chi connectivity index (χ4n) is 2.89. The van der Waals surface area contributed by atoms with E-state index in [1.54, 1.807) is 16.2 Å². The summed E-state index contributed by atoms with van der Waals surface area (Å²) in [6, 6.07) is 14.6. The first-order valence-corrected chi connectivity index (χ1v) is 9.73. The number of carbonyl (C=O) groups is 1. The topological polar surface area (TPSA) is 33.2 Å². The highest BCUT2D eigenvalue weighted by Crippen LogP contribution is 2.25. The van der Waals surface area contributed by atoms with E-state index in [2.05, 4.69) is 54.4 Å². The number of hydrogen-bond acceptors (Lipinski definition) is 3. The molecule has 0 fully saturated rings. The maximum absolute atomic E-state index is 12.7. The van der Waals surface area contributed by atoms with Crippen LogP contribution in [0.15, 0.2) is 47.8 Å². The van der Waals surface area contributed by atoms with E-state index >= 15 is 0 Å². The number of anilines is 1. The summed E-state index contributed by atoms with van der Waals surface area (Å²) in [5.74, 6) is 0.0527. The molecule has 0 unspecified atom stereocenters. The molecule has 3 aromatic rings. The molecule has 0 N–H and O–H groups in total. The molecule has 1 heterocycles. The summed E-state index contributed by atoms with van der Waals surface area (Å²) >= 11 is 1.59. The highest BCUT2D eigenvalue weighted by molar-refractivity contribution is 7.13. The molecule has 0 aliphatic heterocycles. The van der Waals surface area contributed by atoms with Gasteiger partial charge in [-0.25, -0.2) is 4.98 Å². The van der Waals surface area contributed by atoms with Gasteiger partial charge in [-0.3, -0.25) is 4.79 Å². The van der Waals surface area contributed by atoms with E-state index in [-0.39, 0.29) is 5.91 Å². The predicted molar refractivity (Wildman–Crippen MR) is 110 cm³/mol. The lowest BCUT2D eigenvalue weighted by Crippen LogP contribution is -2.28. The standard InChI is InChI=1S/C22H24N2OS/c1-5-17-8-10-18(11-9-17)22-23-19(14-26-22)13-21(25)24(4)20-12-15(2)6-7-16(20)3/h6-12,14H,5,13H2,1-4H3. The van der Waals surface area contributed by atoms with E-state index < -0.39 is 0 Å². The summed E-state index contributed by atoms with van der Waals surface area (Å²) in [7, 11) is 1.83. The molecule has 0 saturated heterocycles. The maximum atomic E-state index is 12.7. The average molecular weight is 365 g/mol. The Morgan fingerprint density at radius 1 is 1.12 bits per heavy atom. The van der Waals surface area contributed by atoms with Crippen LogP contribution in [0.4, 0.5) is 5.69 Å². The van der Waals surface area contributed by atoms with Crippen LogP contribution in [0, 0.1) is 13.8 Å². The van der Waals surface area contributed by atoms with E-state index in [4.69, 9.17) is 0 Å². The van der Waals surface area contributed by atoms with E-state index in [0.29, 0.717) is 6.42 Å². The second kappa shape index (κ2) is 7.83. The lowest BCUT2D eigenvalue weighted by atomic mass is 10.1. The molecule has 0 radical (unpaired) electrons. The molecule has 1 aromatic heterocycles. The lowest BCUT2D eigenvalue weighted by molar-refractivity contribution is -0.117. The summed E-state index contributed by atoms with van der Waals surface area (Å²) in [4.78, 5) is 19.1. The van der Waals surface area contributed by atoms with Crippen LogP contribution >= 0.6 is 11.3 Å². The highest BCUT2D eigenvalue weighted by atomic mass is 32.1. The van der Waals surface area contributed by atoms with Gasteiger partial charge in [-0.1, -0.05) is 43.3 Å². The van der Waals surface area contributed by atoms with Gasteiger partial charge in [0.15, 0.2) is 0 Å². The van der Waals surface area contributed by atoms with Crippen molar-refractivity contribution in [3.8, 4) is 10.6 Å². The quantitative estimate of drug-likeness (QED) is 0.624. The third-order valence-corrected chi connectivity index (χ3v) is 5.53. The minimum absolute atomic E-state index is 0.0527. The zero-order chi connectivity index (χ0) is 18.7. The molecule has 3 rings (SSSR count). The number of amides is 1. The van der Waals surface area contributed by atoms with E-state index in [0.717, 1.165) is 39.5 Å². The van der Waals surface area contributed by atoms with Crippen molar-refractivity contribution in [3.05, 3.63) is 70.2 Å². The number of aromatic nitrogens is 1. The van der Waals surface area contributed by atoms with E-state index in [1.807, 2.05) is 26.3 Å². The normalized spacial score (nSPS) is 10.8. The van der Waals surface area contributed by atoms with Crippen molar-refractivity contribution in [2.45, 2.75) is 33.6 Å². The van der Waals surface area contributed by atoms with Crippen molar-refractivity contribution in [2.75, 3.05) is 11.9 Å². The molecular weight excluding hydrogens is 340 g/mol. The summed E-state index contributed by atoms with van der Waals surface area (Å²) in [6.07, 6.45) is 1.34. The highest BCUT2D eigenvalue weighted by Gasteiger charge is 2.16. The molecule has 0 spiro atoms. The van der Waals surface area contributed by atoms with Crippen LogP contribution in [0.5, 0.6) is 0 Å². The van der Waals surface area contributed by atoms with Gasteiger partial charge in [-0.15, -0.1) is 11.3 Å². The number of benzene rings is 2. The Hall–Kier alpha value is -2.46. The molecule has 2 aromatic carbocycles. The molecule has 0 bridgehead atoms. The molecule has 3 nitrogen and oxygen atoms in total. The first-order valence-electron chi connectivity index (χ1n) is 8.85. The van der Waals surface area contributed by atoms with Crippen molar-refractivity contribution in [2.24, 2.45) is 0 Å². The van der Waals surface area contributed by atoms with Gasteiger partial charge in [0.1, 0.15) is 5.01 Å². The Labute approximate surface area is 159 Å². The third kappa shape index (κ3) is 4.02. The largest absolute Gasteiger partial charge is 0.315 e. The third-order valence-electron chi connectivity index (χ3n) is 4.59. The van der Waals surface area contributed by atoms with Crippen molar-refractivity contribution in [1.29, 1.82) is 0 Å². The lowest BCUT2D eigenvalue weighted by Gasteiger charge is -2.19. The van der Waals surface area contributed by atoms with Crippen molar-refractivity contribution >= 4 is 22.9 Å². The van der Waals surface area contributed by atoms with Gasteiger partial charge in [0.25, 0.3) is 0 Å². The average Bonchev–Trinajstić information content (AvgIpc) is 3.11. The Kier molecular flexibility index (Phi) is 5.52. The molecule has 1 amide bonds. The second-order valence-corrected chi connectivity index (χ2v) is 7.47. The molecule has 0 atom stereocenters. The number of hydrogen-bond donors (Lipinski definition) is 0. The first kappa shape index (κ1) is 18.3. The van der Waals surface area contributed by atoms with Gasteiger partial charge in [0.2, 0.25) is 5.91 Å².